The van der Waals surface area contributed by atoms with E-state index in [-0.39, 0.29) is 12.1 Å². The average molecular weight is 360 g/mol. The first-order chi connectivity index (χ1) is 8.65. The number of unbranched alkanes of at least 4 members (excludes halogenated alkanes) is 3. The van der Waals surface area contributed by atoms with Crippen LogP contribution in [-0.4, -0.2) is 12.1 Å². The highest BCUT2D eigenvalue weighted by Crippen LogP contribution is 2.15. The number of rotatable bonds is 7. The van der Waals surface area contributed by atoms with Gasteiger partial charge >= 0.3 is 5.97 Å². The van der Waals surface area contributed by atoms with Crippen LogP contribution in [0, 0.1) is 3.57 Å². The van der Waals surface area contributed by atoms with Gasteiger partial charge in [0.25, 0.3) is 0 Å². The second kappa shape index (κ2) is 8.51. The minimum Gasteiger partial charge on any atom is -0.459 e. The van der Waals surface area contributed by atoms with Crippen molar-refractivity contribution in [3.8, 4) is 0 Å². The van der Waals surface area contributed by atoms with Crippen LogP contribution in [0.25, 0.3) is 0 Å². The van der Waals surface area contributed by atoms with E-state index in [2.05, 4.69) is 29.5 Å². The van der Waals surface area contributed by atoms with Crippen molar-refractivity contribution in [1.82, 2.24) is 0 Å². The zero-order valence-corrected chi connectivity index (χ0v) is 13.3. The number of benzene rings is 1. The SMILES string of the molecule is CCCCCC[C@H](C)OC(=O)c1ccccc1I. The first-order valence-corrected chi connectivity index (χ1v) is 7.68. The van der Waals surface area contributed by atoms with Gasteiger partial charge in [-0.15, -0.1) is 0 Å². The van der Waals surface area contributed by atoms with Crippen molar-refractivity contribution in [3.05, 3.63) is 33.4 Å². The van der Waals surface area contributed by atoms with Gasteiger partial charge < -0.3 is 4.74 Å². The van der Waals surface area contributed by atoms with E-state index in [4.69, 9.17) is 4.74 Å². The summed E-state index contributed by atoms with van der Waals surface area (Å²) in [5.41, 5.74) is 0.665. The van der Waals surface area contributed by atoms with Gasteiger partial charge in [-0.2, -0.15) is 0 Å². The summed E-state index contributed by atoms with van der Waals surface area (Å²) in [4.78, 5) is 11.9. The first kappa shape index (κ1) is 15.5. The van der Waals surface area contributed by atoms with Crippen LogP contribution in [0.1, 0.15) is 56.3 Å². The third-order valence-electron chi connectivity index (χ3n) is 2.87. The van der Waals surface area contributed by atoms with Crippen molar-refractivity contribution in [2.45, 2.75) is 52.1 Å². The lowest BCUT2D eigenvalue weighted by atomic mass is 10.1. The molecule has 0 spiro atoms. The summed E-state index contributed by atoms with van der Waals surface area (Å²) in [5, 5.41) is 0. The van der Waals surface area contributed by atoms with E-state index < -0.39 is 0 Å². The van der Waals surface area contributed by atoms with E-state index in [1.54, 1.807) is 0 Å². The molecule has 0 fully saturated rings. The molecule has 0 amide bonds. The maximum atomic E-state index is 11.9. The van der Waals surface area contributed by atoms with Crippen molar-refractivity contribution < 1.29 is 9.53 Å². The lowest BCUT2D eigenvalue weighted by molar-refractivity contribution is 0.0318. The van der Waals surface area contributed by atoms with Crippen LogP contribution in [0.3, 0.4) is 0 Å². The second-order valence-corrected chi connectivity index (χ2v) is 5.71. The van der Waals surface area contributed by atoms with E-state index in [1.807, 2.05) is 31.2 Å². The lowest BCUT2D eigenvalue weighted by Crippen LogP contribution is -2.15. The van der Waals surface area contributed by atoms with Gasteiger partial charge in [-0.3, -0.25) is 0 Å². The van der Waals surface area contributed by atoms with Gasteiger partial charge in [0.05, 0.1) is 11.7 Å². The minimum absolute atomic E-state index is 0.00497. The normalized spacial score (nSPS) is 12.2. The molecule has 1 aromatic rings. The summed E-state index contributed by atoms with van der Waals surface area (Å²) in [6, 6.07) is 7.52. The van der Waals surface area contributed by atoms with Gasteiger partial charge in [0.2, 0.25) is 0 Å². The van der Waals surface area contributed by atoms with Gasteiger partial charge in [-0.25, -0.2) is 4.79 Å². The largest absolute Gasteiger partial charge is 0.459 e. The van der Waals surface area contributed by atoms with Crippen molar-refractivity contribution in [3.63, 3.8) is 0 Å². The molecule has 2 nitrogen and oxygen atoms in total. The zero-order chi connectivity index (χ0) is 13.4. The summed E-state index contributed by atoms with van der Waals surface area (Å²) in [6.07, 6.45) is 5.81. The Morgan fingerprint density at radius 1 is 1.28 bits per heavy atom. The van der Waals surface area contributed by atoms with E-state index in [0.717, 1.165) is 16.4 Å². The smallest absolute Gasteiger partial charge is 0.339 e. The van der Waals surface area contributed by atoms with Gasteiger partial charge in [-0.05, 0) is 54.5 Å². The number of ether oxygens (including phenoxy) is 1. The maximum absolute atomic E-state index is 11.9. The van der Waals surface area contributed by atoms with Gasteiger partial charge in [-0.1, -0.05) is 38.3 Å². The second-order valence-electron chi connectivity index (χ2n) is 4.55. The molecule has 0 heterocycles. The summed E-state index contributed by atoms with van der Waals surface area (Å²) in [5.74, 6) is -0.206. The topological polar surface area (TPSA) is 26.3 Å². The molecule has 1 atom stereocenters. The fourth-order valence-electron chi connectivity index (χ4n) is 1.79. The van der Waals surface area contributed by atoms with E-state index in [9.17, 15) is 4.79 Å². The molecule has 3 heteroatoms. The van der Waals surface area contributed by atoms with Crippen molar-refractivity contribution in [2.75, 3.05) is 0 Å². The van der Waals surface area contributed by atoms with Crippen LogP contribution < -0.4 is 0 Å². The Kier molecular flexibility index (Phi) is 7.32. The molecule has 0 bridgehead atoms. The molecular formula is C15H21IO2. The molecule has 0 saturated carbocycles. The molecule has 0 radical (unpaired) electrons. The Morgan fingerprint density at radius 2 is 2.00 bits per heavy atom. The van der Waals surface area contributed by atoms with Crippen molar-refractivity contribution >= 4 is 28.6 Å². The third-order valence-corrected chi connectivity index (χ3v) is 3.81. The quantitative estimate of drug-likeness (QED) is 0.396. The predicted octanol–water partition coefficient (Wildman–Crippen LogP) is 4.81. The Labute approximate surface area is 123 Å². The maximum Gasteiger partial charge on any atom is 0.339 e. The minimum atomic E-state index is -0.206. The van der Waals surface area contributed by atoms with Crippen molar-refractivity contribution in [2.24, 2.45) is 0 Å². The Hall–Kier alpha value is -0.580. The standard InChI is InChI=1S/C15H21IO2/c1-3-4-5-6-9-12(2)18-15(17)13-10-7-8-11-14(13)16/h7-8,10-12H,3-6,9H2,1-2H3/t12-/m0/s1. The molecule has 18 heavy (non-hydrogen) atoms. The Morgan fingerprint density at radius 3 is 2.67 bits per heavy atom. The molecular weight excluding hydrogens is 339 g/mol. The third kappa shape index (κ3) is 5.38. The summed E-state index contributed by atoms with van der Waals surface area (Å²) in [6.45, 7) is 4.17. The molecule has 100 valence electrons. The van der Waals surface area contributed by atoms with E-state index in [0.29, 0.717) is 5.56 Å². The fourth-order valence-corrected chi connectivity index (χ4v) is 2.40. The lowest BCUT2D eigenvalue weighted by Gasteiger charge is -2.13. The van der Waals surface area contributed by atoms with Crippen LogP contribution >= 0.6 is 22.6 Å². The molecule has 0 N–H and O–H groups in total. The number of hydrogen-bond acceptors (Lipinski definition) is 2. The van der Waals surface area contributed by atoms with Gasteiger partial charge in [0.1, 0.15) is 0 Å². The fraction of sp³-hybridized carbons (Fsp3) is 0.533. The molecule has 0 aromatic heterocycles. The van der Waals surface area contributed by atoms with Gasteiger partial charge in [0.15, 0.2) is 0 Å². The highest BCUT2D eigenvalue weighted by molar-refractivity contribution is 14.1. The Balaban J connectivity index is 2.38. The summed E-state index contributed by atoms with van der Waals surface area (Å²) in [7, 11) is 0. The van der Waals surface area contributed by atoms with Gasteiger partial charge in [0, 0.05) is 3.57 Å². The highest BCUT2D eigenvalue weighted by Gasteiger charge is 2.13. The zero-order valence-electron chi connectivity index (χ0n) is 11.1. The summed E-state index contributed by atoms with van der Waals surface area (Å²) >= 11 is 2.16. The molecule has 0 unspecified atom stereocenters. The van der Waals surface area contributed by atoms with Crippen LogP contribution in [0.2, 0.25) is 0 Å². The van der Waals surface area contributed by atoms with E-state index in [1.165, 1.54) is 19.3 Å². The molecule has 0 aliphatic heterocycles. The number of esters is 1. The average Bonchev–Trinajstić information content (AvgIpc) is 2.35. The number of carbonyl (C=O) groups is 1. The number of carbonyl (C=O) groups excluding carboxylic acids is 1. The van der Waals surface area contributed by atoms with Crippen molar-refractivity contribution in [1.29, 1.82) is 0 Å². The Bertz CT molecular complexity index is 377. The predicted molar refractivity (Wildman–Crippen MR) is 82.8 cm³/mol. The molecule has 0 saturated heterocycles. The summed E-state index contributed by atoms with van der Waals surface area (Å²) < 4.78 is 6.40. The van der Waals surface area contributed by atoms with Crippen LogP contribution in [0.15, 0.2) is 24.3 Å². The molecule has 0 aliphatic rings. The first-order valence-electron chi connectivity index (χ1n) is 6.60. The van der Waals surface area contributed by atoms with Crippen LogP contribution in [-0.2, 0) is 4.74 Å². The number of halogens is 1. The molecule has 1 rings (SSSR count). The molecule has 1 aromatic carbocycles. The number of hydrogen-bond donors (Lipinski definition) is 0. The van der Waals surface area contributed by atoms with E-state index >= 15 is 0 Å². The van der Waals surface area contributed by atoms with Crippen LogP contribution in [0.5, 0.6) is 0 Å². The monoisotopic (exact) mass is 360 g/mol. The van der Waals surface area contributed by atoms with Crippen LogP contribution in [0.4, 0.5) is 0 Å². The highest BCUT2D eigenvalue weighted by atomic mass is 127. The molecule has 0 aliphatic carbocycles.